The Morgan fingerprint density at radius 1 is 1.00 bits per heavy atom. The molecule has 0 aromatic heterocycles. The van der Waals surface area contributed by atoms with Gasteiger partial charge in [-0.25, -0.2) is 0 Å². The molecule has 0 aliphatic carbocycles. The van der Waals surface area contributed by atoms with E-state index in [0.29, 0.717) is 0 Å². The van der Waals surface area contributed by atoms with E-state index in [9.17, 15) is 0 Å². The Kier molecular flexibility index (Phi) is 57.8. The maximum Gasteiger partial charge on any atom is 2.00 e. The molecule has 0 spiro atoms. The summed E-state index contributed by atoms with van der Waals surface area (Å²) in [5, 5.41) is 0. The van der Waals surface area contributed by atoms with Gasteiger partial charge in [0, 0.05) is 0 Å². The van der Waals surface area contributed by atoms with Gasteiger partial charge in [-0.15, -0.1) is 0 Å². The summed E-state index contributed by atoms with van der Waals surface area (Å²) in [7, 11) is -2.17. The van der Waals surface area contributed by atoms with E-state index in [1.165, 1.54) is 0 Å². The summed E-state index contributed by atoms with van der Waals surface area (Å²) in [6.45, 7) is 0. The van der Waals surface area contributed by atoms with Crippen molar-refractivity contribution in [2.75, 3.05) is 0 Å². The molecule has 0 fully saturated rings. The fourth-order valence-electron chi connectivity index (χ4n) is 0. The minimum absolute atomic E-state index is 0. The summed E-state index contributed by atoms with van der Waals surface area (Å²) < 4.78 is 16.7. The van der Waals surface area contributed by atoms with Gasteiger partial charge < -0.3 is 9.79 Å². The van der Waals surface area contributed by atoms with E-state index in [-0.39, 0.29) is 45.5 Å². The maximum absolute atomic E-state index is 8.35. The van der Waals surface area contributed by atoms with E-state index in [1.807, 2.05) is 0 Å². The Balaban J connectivity index is -0.0000000400. The van der Waals surface area contributed by atoms with Crippen LogP contribution in [0.15, 0.2) is 0 Å². The van der Waals surface area contributed by atoms with Gasteiger partial charge in [-0.1, -0.05) is 0 Å². The first kappa shape index (κ1) is 15.8. The molecular weight excluding hydrogens is 214 g/mol. The fourth-order valence-corrected chi connectivity index (χ4v) is 0. The third-order valence-electron chi connectivity index (χ3n) is 0. The Morgan fingerprint density at radius 2 is 1.00 bits per heavy atom. The van der Waals surface area contributed by atoms with Crippen LogP contribution in [0, 0.1) is 0 Å². The average molecular weight is 214 g/mol. The van der Waals surface area contributed by atoms with Crippen LogP contribution in [0.1, 0.15) is 0 Å². The third-order valence-corrected chi connectivity index (χ3v) is 0. The van der Waals surface area contributed by atoms with Crippen LogP contribution in [0.2, 0.25) is 0 Å². The van der Waals surface area contributed by atoms with Crippen LogP contribution < -0.4 is 9.79 Å². The Bertz CT molecular complexity index is 30.7. The van der Waals surface area contributed by atoms with Gasteiger partial charge in [0.2, 0.25) is 0 Å². The molecule has 0 radical (unpaired) electrons. The molecule has 0 bridgehead atoms. The Labute approximate surface area is 80.8 Å². The standard InChI is InChI=1S/2HO2P.Sr/c2*1-3-2;/h2*(H,1,2);/q;;+2/p-2. The van der Waals surface area contributed by atoms with Gasteiger partial charge in [0.25, 0.3) is 0 Å². The van der Waals surface area contributed by atoms with Crippen LogP contribution in [-0.2, 0) is 9.13 Å². The SMILES string of the molecule is O=P[O-].O=P[O-].[Sr+2]. The van der Waals surface area contributed by atoms with Crippen LogP contribution in [-0.4, -0.2) is 45.5 Å². The molecule has 7 heavy (non-hydrogen) atoms. The van der Waals surface area contributed by atoms with E-state index >= 15 is 0 Å². The van der Waals surface area contributed by atoms with Crippen molar-refractivity contribution in [1.82, 2.24) is 0 Å². The van der Waals surface area contributed by atoms with E-state index in [2.05, 4.69) is 0 Å². The van der Waals surface area contributed by atoms with Crippen molar-refractivity contribution < 1.29 is 18.9 Å². The Hall–Kier alpha value is 1.60. The van der Waals surface area contributed by atoms with Crippen molar-refractivity contribution in [3.63, 3.8) is 0 Å². The summed E-state index contributed by atoms with van der Waals surface area (Å²) in [6, 6.07) is 0. The number of rotatable bonds is 0. The number of hydrogen-bond acceptors (Lipinski definition) is 4. The van der Waals surface area contributed by atoms with Gasteiger partial charge in [-0.2, -0.15) is 0 Å². The van der Waals surface area contributed by atoms with Crippen LogP contribution >= 0.6 is 17.4 Å². The molecule has 7 heteroatoms. The first-order valence-corrected chi connectivity index (χ1v) is 2.19. The zero-order chi connectivity index (χ0) is 5.41. The molecule has 0 atom stereocenters. The maximum atomic E-state index is 8.35. The van der Waals surface area contributed by atoms with Crippen molar-refractivity contribution >= 4 is 62.9 Å². The average Bonchev–Trinajstić information content (AvgIpc) is 1.39. The van der Waals surface area contributed by atoms with Crippen LogP contribution in [0.25, 0.3) is 0 Å². The summed E-state index contributed by atoms with van der Waals surface area (Å²) in [6.07, 6.45) is 0. The second-order valence-corrected chi connectivity index (χ2v) is 0.447. The van der Waals surface area contributed by atoms with E-state index in [0.717, 1.165) is 0 Å². The third kappa shape index (κ3) is 93.1. The smallest absolute Gasteiger partial charge is 0.772 e. The van der Waals surface area contributed by atoms with Crippen molar-refractivity contribution in [2.45, 2.75) is 0 Å². The van der Waals surface area contributed by atoms with Crippen molar-refractivity contribution in [3.05, 3.63) is 0 Å². The quantitative estimate of drug-likeness (QED) is 0.371. The fraction of sp³-hybridized carbons (Fsp3) is 0. The topological polar surface area (TPSA) is 80.3 Å². The van der Waals surface area contributed by atoms with Crippen molar-refractivity contribution in [3.8, 4) is 0 Å². The van der Waals surface area contributed by atoms with Gasteiger partial charge >= 0.3 is 45.5 Å². The molecule has 0 saturated heterocycles. The van der Waals surface area contributed by atoms with Crippen molar-refractivity contribution in [2.24, 2.45) is 0 Å². The first-order chi connectivity index (χ1) is 2.83. The zero-order valence-corrected chi connectivity index (χ0v) is 8.50. The minimum atomic E-state index is -1.08. The molecule has 0 heterocycles. The summed E-state index contributed by atoms with van der Waals surface area (Å²) >= 11 is 0. The van der Waals surface area contributed by atoms with Crippen molar-refractivity contribution in [1.29, 1.82) is 0 Å². The molecule has 0 rings (SSSR count). The van der Waals surface area contributed by atoms with Gasteiger partial charge in [0.05, 0.1) is 17.4 Å². The molecular formula is O4P2Sr. The molecule has 0 aromatic carbocycles. The first-order valence-electron chi connectivity index (χ1n) is 0.730. The van der Waals surface area contributed by atoms with E-state index in [4.69, 9.17) is 18.9 Å². The predicted octanol–water partition coefficient (Wildman–Crippen LogP) is -1.27. The van der Waals surface area contributed by atoms with Gasteiger partial charge in [-0.05, 0) is 0 Å². The second kappa shape index (κ2) is 25.5. The molecule has 0 unspecified atom stereocenters. The van der Waals surface area contributed by atoms with Gasteiger partial charge in [0.1, 0.15) is 0 Å². The Morgan fingerprint density at radius 3 is 1.00 bits per heavy atom. The normalized spacial score (nSPS) is 6.00. The minimum Gasteiger partial charge on any atom is -0.772 e. The second-order valence-electron chi connectivity index (χ2n) is 0.149. The van der Waals surface area contributed by atoms with Crippen LogP contribution in [0.4, 0.5) is 0 Å². The molecule has 4 nitrogen and oxygen atoms in total. The van der Waals surface area contributed by atoms with Gasteiger partial charge in [-0.3, -0.25) is 9.13 Å². The molecule has 0 aliphatic heterocycles. The monoisotopic (exact) mass is 214 g/mol. The molecule has 0 aromatic rings. The largest absolute Gasteiger partial charge is 2.00 e. The molecule has 0 amide bonds. The summed E-state index contributed by atoms with van der Waals surface area (Å²) in [4.78, 5) is 16.7. The molecule has 0 saturated carbocycles. The molecule has 36 valence electrons. The van der Waals surface area contributed by atoms with E-state index < -0.39 is 17.4 Å². The summed E-state index contributed by atoms with van der Waals surface area (Å²) in [5.74, 6) is 0. The number of hydrogen-bond donors (Lipinski definition) is 0. The molecule has 0 aliphatic rings. The van der Waals surface area contributed by atoms with Crippen LogP contribution in [0.5, 0.6) is 0 Å². The molecule has 0 N–H and O–H groups in total. The summed E-state index contributed by atoms with van der Waals surface area (Å²) in [5.41, 5.74) is 0. The predicted molar refractivity (Wildman–Crippen MR) is 21.0 cm³/mol. The van der Waals surface area contributed by atoms with Gasteiger partial charge in [0.15, 0.2) is 0 Å². The van der Waals surface area contributed by atoms with E-state index in [1.54, 1.807) is 0 Å². The van der Waals surface area contributed by atoms with Crippen LogP contribution in [0.3, 0.4) is 0 Å². The zero-order valence-electron chi connectivity index (χ0n) is 3.23.